The van der Waals surface area contributed by atoms with Crippen molar-refractivity contribution in [3.63, 3.8) is 0 Å². The molecule has 5 fully saturated rings. The molecular formula is C23H28N4O2. The third-order valence-electron chi connectivity index (χ3n) is 7.76. The van der Waals surface area contributed by atoms with Crippen molar-refractivity contribution in [3.05, 3.63) is 30.3 Å². The zero-order chi connectivity index (χ0) is 19.4. The third kappa shape index (κ3) is 2.95. The number of aromatic nitrogens is 2. The fourth-order valence-electron chi connectivity index (χ4n) is 6.85. The van der Waals surface area contributed by atoms with Crippen LogP contribution in [0.15, 0.2) is 34.7 Å². The van der Waals surface area contributed by atoms with E-state index in [1.807, 2.05) is 30.3 Å². The van der Waals surface area contributed by atoms with Gasteiger partial charge in [-0.1, -0.05) is 23.3 Å². The maximum absolute atomic E-state index is 13.5. The van der Waals surface area contributed by atoms with Crippen LogP contribution in [0.2, 0.25) is 0 Å². The molecule has 29 heavy (non-hydrogen) atoms. The van der Waals surface area contributed by atoms with Gasteiger partial charge in [0, 0.05) is 31.7 Å². The number of amides is 1. The first kappa shape index (κ1) is 17.5. The maximum atomic E-state index is 13.5. The molecule has 1 aromatic heterocycles. The van der Waals surface area contributed by atoms with Gasteiger partial charge < -0.3 is 14.2 Å². The normalized spacial score (nSPS) is 33.3. The third-order valence-corrected chi connectivity index (χ3v) is 7.76. The van der Waals surface area contributed by atoms with Gasteiger partial charge in [0.25, 0.3) is 0 Å². The summed E-state index contributed by atoms with van der Waals surface area (Å²) in [5, 5.41) is 8.45. The summed E-state index contributed by atoms with van der Waals surface area (Å²) in [6, 6.07) is 10.4. The molecule has 0 N–H and O–H groups in total. The Morgan fingerprint density at radius 3 is 2.14 bits per heavy atom. The van der Waals surface area contributed by atoms with E-state index < -0.39 is 0 Å². The summed E-state index contributed by atoms with van der Waals surface area (Å²) in [5.74, 6) is 3.41. The van der Waals surface area contributed by atoms with E-state index in [2.05, 4.69) is 20.0 Å². The van der Waals surface area contributed by atoms with E-state index in [1.165, 1.54) is 19.3 Å². The SMILES string of the molecule is O=C(N1CCN(c2nnc(-c3ccccc3)o2)CC1)C12CC3CC(CC(C3)C1)C2. The first-order valence-corrected chi connectivity index (χ1v) is 11.1. The molecule has 1 aromatic carbocycles. The van der Waals surface area contributed by atoms with Crippen molar-refractivity contribution in [2.45, 2.75) is 38.5 Å². The highest BCUT2D eigenvalue weighted by molar-refractivity contribution is 5.83. The Balaban J connectivity index is 1.12. The molecule has 6 heteroatoms. The molecule has 5 aliphatic rings. The van der Waals surface area contributed by atoms with Crippen molar-refractivity contribution in [2.24, 2.45) is 23.2 Å². The fourth-order valence-corrected chi connectivity index (χ4v) is 6.85. The maximum Gasteiger partial charge on any atom is 0.318 e. The molecule has 0 atom stereocenters. The highest BCUT2D eigenvalue weighted by Gasteiger charge is 2.55. The van der Waals surface area contributed by atoms with Crippen LogP contribution in [0.1, 0.15) is 38.5 Å². The molecule has 6 nitrogen and oxygen atoms in total. The van der Waals surface area contributed by atoms with Crippen LogP contribution in [-0.2, 0) is 4.79 Å². The Kier molecular flexibility index (Phi) is 3.96. The minimum Gasteiger partial charge on any atom is -0.403 e. The van der Waals surface area contributed by atoms with E-state index >= 15 is 0 Å². The van der Waals surface area contributed by atoms with Gasteiger partial charge in [0.15, 0.2) is 0 Å². The van der Waals surface area contributed by atoms with Crippen molar-refractivity contribution < 1.29 is 9.21 Å². The minimum atomic E-state index is -0.0398. The van der Waals surface area contributed by atoms with E-state index in [1.54, 1.807) is 0 Å². The van der Waals surface area contributed by atoms with Gasteiger partial charge in [-0.25, -0.2) is 0 Å². The smallest absolute Gasteiger partial charge is 0.318 e. The average molecular weight is 393 g/mol. The quantitative estimate of drug-likeness (QED) is 0.799. The second kappa shape index (κ2) is 6.57. The molecule has 1 amide bonds. The van der Waals surface area contributed by atoms with Crippen molar-refractivity contribution in [1.82, 2.24) is 15.1 Å². The Bertz CT molecular complexity index is 865. The lowest BCUT2D eigenvalue weighted by molar-refractivity contribution is -0.158. The van der Waals surface area contributed by atoms with Crippen LogP contribution in [-0.4, -0.2) is 47.2 Å². The fraction of sp³-hybridized carbons (Fsp3) is 0.609. The van der Waals surface area contributed by atoms with Crippen molar-refractivity contribution in [1.29, 1.82) is 0 Å². The summed E-state index contributed by atoms with van der Waals surface area (Å²) in [7, 11) is 0. The molecule has 1 saturated heterocycles. The molecule has 0 unspecified atom stereocenters. The highest BCUT2D eigenvalue weighted by atomic mass is 16.4. The summed E-state index contributed by atoms with van der Waals surface area (Å²) >= 11 is 0. The first-order valence-electron chi connectivity index (χ1n) is 11.1. The predicted molar refractivity (Wildman–Crippen MR) is 109 cm³/mol. The van der Waals surface area contributed by atoms with Gasteiger partial charge in [-0.05, 0) is 68.4 Å². The zero-order valence-electron chi connectivity index (χ0n) is 16.8. The number of piperazine rings is 1. The highest BCUT2D eigenvalue weighted by Crippen LogP contribution is 2.60. The zero-order valence-corrected chi connectivity index (χ0v) is 16.8. The number of carbonyl (C=O) groups excluding carboxylic acids is 1. The van der Waals surface area contributed by atoms with Crippen molar-refractivity contribution in [2.75, 3.05) is 31.1 Å². The topological polar surface area (TPSA) is 62.5 Å². The number of nitrogens with zero attached hydrogens (tertiary/aromatic N) is 4. The molecule has 7 rings (SSSR count). The Morgan fingerprint density at radius 1 is 0.897 bits per heavy atom. The van der Waals surface area contributed by atoms with E-state index in [4.69, 9.17) is 4.42 Å². The Labute approximate surface area is 171 Å². The second-order valence-corrected chi connectivity index (χ2v) is 9.73. The van der Waals surface area contributed by atoms with Gasteiger partial charge in [-0.3, -0.25) is 4.79 Å². The second-order valence-electron chi connectivity index (χ2n) is 9.73. The number of benzene rings is 1. The van der Waals surface area contributed by atoms with E-state index in [0.29, 0.717) is 17.8 Å². The van der Waals surface area contributed by atoms with Crippen LogP contribution in [0, 0.1) is 23.2 Å². The summed E-state index contributed by atoms with van der Waals surface area (Å²) in [6.07, 6.45) is 7.55. The molecule has 2 aromatic rings. The van der Waals surface area contributed by atoms with Crippen LogP contribution in [0.25, 0.3) is 11.5 Å². The molecule has 0 radical (unpaired) electrons. The summed E-state index contributed by atoms with van der Waals surface area (Å²) in [6.45, 7) is 3.02. The average Bonchev–Trinajstić information content (AvgIpc) is 3.23. The number of hydrogen-bond acceptors (Lipinski definition) is 5. The van der Waals surface area contributed by atoms with Crippen molar-refractivity contribution >= 4 is 11.9 Å². The van der Waals surface area contributed by atoms with Gasteiger partial charge in [0.2, 0.25) is 11.8 Å². The summed E-state index contributed by atoms with van der Waals surface area (Å²) in [5.41, 5.74) is 0.893. The van der Waals surface area contributed by atoms with Crippen LogP contribution < -0.4 is 4.90 Å². The molecule has 4 aliphatic carbocycles. The van der Waals surface area contributed by atoms with Gasteiger partial charge in [-0.2, -0.15) is 0 Å². The largest absolute Gasteiger partial charge is 0.403 e. The predicted octanol–water partition coefficient (Wildman–Crippen LogP) is 3.60. The molecule has 4 bridgehead atoms. The van der Waals surface area contributed by atoms with E-state index in [9.17, 15) is 4.79 Å². The van der Waals surface area contributed by atoms with Crippen LogP contribution in [0.5, 0.6) is 0 Å². The van der Waals surface area contributed by atoms with Crippen molar-refractivity contribution in [3.8, 4) is 11.5 Å². The monoisotopic (exact) mass is 392 g/mol. The van der Waals surface area contributed by atoms with E-state index in [0.717, 1.165) is 68.8 Å². The summed E-state index contributed by atoms with van der Waals surface area (Å²) in [4.78, 5) is 17.8. The van der Waals surface area contributed by atoms with Crippen LogP contribution in [0.3, 0.4) is 0 Å². The Morgan fingerprint density at radius 2 is 1.52 bits per heavy atom. The Hall–Kier alpha value is -2.37. The lowest BCUT2D eigenvalue weighted by atomic mass is 9.49. The lowest BCUT2D eigenvalue weighted by Crippen LogP contribution is -2.58. The first-order chi connectivity index (χ1) is 14.2. The molecular weight excluding hydrogens is 364 g/mol. The minimum absolute atomic E-state index is 0.0398. The number of anilines is 1. The van der Waals surface area contributed by atoms with Gasteiger partial charge >= 0.3 is 6.01 Å². The van der Waals surface area contributed by atoms with Crippen LogP contribution >= 0.6 is 0 Å². The van der Waals surface area contributed by atoms with Gasteiger partial charge in [0.1, 0.15) is 0 Å². The molecule has 4 saturated carbocycles. The number of hydrogen-bond donors (Lipinski definition) is 0. The molecule has 152 valence electrons. The van der Waals surface area contributed by atoms with Gasteiger partial charge in [-0.15, -0.1) is 5.10 Å². The number of carbonyl (C=O) groups is 1. The van der Waals surface area contributed by atoms with Gasteiger partial charge in [0.05, 0.1) is 5.41 Å². The lowest BCUT2D eigenvalue weighted by Gasteiger charge is -2.57. The van der Waals surface area contributed by atoms with Crippen LogP contribution in [0.4, 0.5) is 6.01 Å². The number of rotatable bonds is 3. The van der Waals surface area contributed by atoms with E-state index in [-0.39, 0.29) is 5.41 Å². The molecule has 0 spiro atoms. The molecule has 2 heterocycles. The molecule has 1 aliphatic heterocycles. The standard InChI is InChI=1S/C23H28N4O2/c28-21(23-13-16-10-17(14-23)12-18(11-16)15-23)26-6-8-27(9-7-26)22-25-24-20(29-22)19-4-2-1-3-5-19/h1-5,16-18H,6-15H2. The summed E-state index contributed by atoms with van der Waals surface area (Å²) < 4.78 is 5.91.